The number of ether oxygens (including phenoxy) is 1. The number of rotatable bonds is 8. The number of nitrogens with one attached hydrogen (secondary N) is 1. The zero-order valence-electron chi connectivity index (χ0n) is 12.2. The first-order valence-electron chi connectivity index (χ1n) is 7.15. The van der Waals surface area contributed by atoms with E-state index in [1.54, 1.807) is 7.11 Å². The van der Waals surface area contributed by atoms with Crippen LogP contribution in [0.5, 0.6) is 0 Å². The molecule has 0 aliphatic carbocycles. The highest BCUT2D eigenvalue weighted by Crippen LogP contribution is 2.20. The van der Waals surface area contributed by atoms with Gasteiger partial charge in [-0.15, -0.1) is 0 Å². The van der Waals surface area contributed by atoms with Crippen LogP contribution in [0.25, 0.3) is 0 Å². The van der Waals surface area contributed by atoms with Crippen molar-refractivity contribution in [3.63, 3.8) is 0 Å². The van der Waals surface area contributed by atoms with E-state index in [2.05, 4.69) is 26.1 Å². The Morgan fingerprint density at radius 1 is 1.44 bits per heavy atom. The van der Waals surface area contributed by atoms with E-state index in [1.807, 2.05) is 4.90 Å². The molecule has 2 atom stereocenters. The minimum atomic E-state index is 0.0290. The fraction of sp³-hybridized carbons (Fsp3) is 0.929. The molecule has 0 aromatic heterocycles. The molecule has 2 unspecified atom stereocenters. The number of carbonyl (C=O) groups excluding carboxylic acids is 1. The fourth-order valence-electron chi connectivity index (χ4n) is 2.53. The largest absolute Gasteiger partial charge is 0.385 e. The lowest BCUT2D eigenvalue weighted by atomic mass is 10.1. The van der Waals surface area contributed by atoms with Gasteiger partial charge in [-0.1, -0.05) is 27.2 Å². The number of hydrogen-bond donors (Lipinski definition) is 1. The van der Waals surface area contributed by atoms with Crippen LogP contribution < -0.4 is 5.32 Å². The summed E-state index contributed by atoms with van der Waals surface area (Å²) in [4.78, 5) is 14.3. The summed E-state index contributed by atoms with van der Waals surface area (Å²) < 4.78 is 5.07. The smallest absolute Gasteiger partial charge is 0.241 e. The molecule has 0 bridgehead atoms. The molecule has 0 aromatic rings. The molecule has 0 saturated carbocycles. The molecule has 1 rings (SSSR count). The van der Waals surface area contributed by atoms with Gasteiger partial charge in [0.25, 0.3) is 0 Å². The molecule has 4 nitrogen and oxygen atoms in total. The minimum Gasteiger partial charge on any atom is -0.385 e. The minimum absolute atomic E-state index is 0.0290. The van der Waals surface area contributed by atoms with Crippen LogP contribution >= 0.6 is 0 Å². The van der Waals surface area contributed by atoms with Gasteiger partial charge in [0.05, 0.1) is 12.2 Å². The second-order valence-corrected chi connectivity index (χ2v) is 5.53. The maximum atomic E-state index is 12.3. The zero-order valence-corrected chi connectivity index (χ0v) is 12.2. The number of carbonyl (C=O) groups is 1. The summed E-state index contributed by atoms with van der Waals surface area (Å²) >= 11 is 0. The number of nitrogens with zero attached hydrogens (tertiary/aromatic N) is 1. The van der Waals surface area contributed by atoms with Gasteiger partial charge in [-0.05, 0) is 25.2 Å². The van der Waals surface area contributed by atoms with Crippen molar-refractivity contribution in [1.29, 1.82) is 0 Å². The monoisotopic (exact) mass is 256 g/mol. The lowest BCUT2D eigenvalue weighted by Gasteiger charge is -2.25. The molecule has 1 amide bonds. The summed E-state index contributed by atoms with van der Waals surface area (Å²) in [6, 6.07) is 0.0290. The van der Waals surface area contributed by atoms with E-state index in [9.17, 15) is 4.79 Å². The average molecular weight is 256 g/mol. The third kappa shape index (κ3) is 4.25. The quantitative estimate of drug-likeness (QED) is 0.675. The molecule has 1 heterocycles. The standard InChI is InChI=1S/C14H28N2O2/c1-5-7-12-14(17)16(8-6-9-18-4)13(15-12)10-11(2)3/h11-13,15H,5-10H2,1-4H3. The Kier molecular flexibility index (Phi) is 6.65. The first-order valence-corrected chi connectivity index (χ1v) is 7.15. The molecule has 0 aromatic carbocycles. The zero-order chi connectivity index (χ0) is 13.5. The van der Waals surface area contributed by atoms with Gasteiger partial charge in [0.1, 0.15) is 0 Å². The Hall–Kier alpha value is -0.610. The molecule has 1 saturated heterocycles. The third-order valence-corrected chi connectivity index (χ3v) is 3.37. The molecule has 4 heteroatoms. The predicted molar refractivity (Wildman–Crippen MR) is 73.3 cm³/mol. The van der Waals surface area contributed by atoms with Crippen LogP contribution in [0.1, 0.15) is 46.5 Å². The highest BCUT2D eigenvalue weighted by molar-refractivity contribution is 5.84. The van der Waals surface area contributed by atoms with Crippen LogP contribution in [0.3, 0.4) is 0 Å². The summed E-state index contributed by atoms with van der Waals surface area (Å²) in [7, 11) is 1.70. The molecule has 0 spiro atoms. The molecule has 1 fully saturated rings. The van der Waals surface area contributed by atoms with Gasteiger partial charge in [-0.2, -0.15) is 0 Å². The summed E-state index contributed by atoms with van der Waals surface area (Å²) in [5, 5.41) is 3.49. The molecule has 106 valence electrons. The average Bonchev–Trinajstić information content (AvgIpc) is 2.57. The van der Waals surface area contributed by atoms with Crippen molar-refractivity contribution in [3.8, 4) is 0 Å². The molecule has 0 radical (unpaired) electrons. The van der Waals surface area contributed by atoms with Gasteiger partial charge >= 0.3 is 0 Å². The summed E-state index contributed by atoms with van der Waals surface area (Å²) in [6.07, 6.45) is 4.14. The molecule has 1 aliphatic rings. The number of hydrogen-bond acceptors (Lipinski definition) is 3. The van der Waals surface area contributed by atoms with Gasteiger partial charge < -0.3 is 9.64 Å². The Morgan fingerprint density at radius 2 is 2.17 bits per heavy atom. The van der Waals surface area contributed by atoms with Gasteiger partial charge in [-0.3, -0.25) is 10.1 Å². The van der Waals surface area contributed by atoms with Crippen molar-refractivity contribution in [2.45, 2.75) is 58.7 Å². The van der Waals surface area contributed by atoms with Crippen molar-refractivity contribution >= 4 is 5.91 Å². The predicted octanol–water partition coefficient (Wildman–Crippen LogP) is 2.00. The highest BCUT2D eigenvalue weighted by Gasteiger charge is 2.37. The van der Waals surface area contributed by atoms with Crippen molar-refractivity contribution in [3.05, 3.63) is 0 Å². The first kappa shape index (κ1) is 15.4. The van der Waals surface area contributed by atoms with Crippen molar-refractivity contribution in [2.75, 3.05) is 20.3 Å². The highest BCUT2D eigenvalue weighted by atomic mass is 16.5. The van der Waals surface area contributed by atoms with Crippen LogP contribution in [0, 0.1) is 5.92 Å². The number of methoxy groups -OCH3 is 1. The van der Waals surface area contributed by atoms with Crippen LogP contribution in [0.15, 0.2) is 0 Å². The molecule has 1 aliphatic heterocycles. The first-order chi connectivity index (χ1) is 8.60. The Labute approximate surface area is 111 Å². The van der Waals surface area contributed by atoms with Crippen molar-refractivity contribution < 1.29 is 9.53 Å². The Balaban J connectivity index is 2.58. The molecular weight excluding hydrogens is 228 g/mol. The Bertz CT molecular complexity index is 256. The second kappa shape index (κ2) is 7.74. The second-order valence-electron chi connectivity index (χ2n) is 5.53. The van der Waals surface area contributed by atoms with Gasteiger partial charge in [0, 0.05) is 20.3 Å². The van der Waals surface area contributed by atoms with E-state index in [0.29, 0.717) is 5.92 Å². The van der Waals surface area contributed by atoms with Crippen LogP contribution in [0.2, 0.25) is 0 Å². The lowest BCUT2D eigenvalue weighted by molar-refractivity contribution is -0.130. The van der Waals surface area contributed by atoms with Gasteiger partial charge in [0.15, 0.2) is 0 Å². The SMILES string of the molecule is CCCC1NC(CC(C)C)N(CCCOC)C1=O. The van der Waals surface area contributed by atoms with Crippen molar-refractivity contribution in [2.24, 2.45) is 5.92 Å². The summed E-state index contributed by atoms with van der Waals surface area (Å²) in [5.74, 6) is 0.874. The van der Waals surface area contributed by atoms with Crippen LogP contribution in [-0.2, 0) is 9.53 Å². The van der Waals surface area contributed by atoms with Crippen LogP contribution in [-0.4, -0.2) is 43.3 Å². The van der Waals surface area contributed by atoms with E-state index in [4.69, 9.17) is 4.74 Å². The van der Waals surface area contributed by atoms with E-state index in [0.717, 1.165) is 38.8 Å². The third-order valence-electron chi connectivity index (χ3n) is 3.37. The van der Waals surface area contributed by atoms with Crippen LogP contribution in [0.4, 0.5) is 0 Å². The van der Waals surface area contributed by atoms with E-state index >= 15 is 0 Å². The van der Waals surface area contributed by atoms with E-state index in [1.165, 1.54) is 0 Å². The summed E-state index contributed by atoms with van der Waals surface area (Å²) in [6.45, 7) is 8.05. The fourth-order valence-corrected chi connectivity index (χ4v) is 2.53. The number of amides is 1. The topological polar surface area (TPSA) is 41.6 Å². The lowest BCUT2D eigenvalue weighted by Crippen LogP contribution is -2.39. The van der Waals surface area contributed by atoms with E-state index in [-0.39, 0.29) is 18.1 Å². The maximum Gasteiger partial charge on any atom is 0.241 e. The molecular formula is C14H28N2O2. The normalized spacial score (nSPS) is 24.3. The van der Waals surface area contributed by atoms with Crippen molar-refractivity contribution in [1.82, 2.24) is 10.2 Å². The Morgan fingerprint density at radius 3 is 2.72 bits per heavy atom. The molecule has 18 heavy (non-hydrogen) atoms. The molecule has 1 N–H and O–H groups in total. The van der Waals surface area contributed by atoms with Gasteiger partial charge in [-0.25, -0.2) is 0 Å². The maximum absolute atomic E-state index is 12.3. The van der Waals surface area contributed by atoms with Gasteiger partial charge in [0.2, 0.25) is 5.91 Å². The summed E-state index contributed by atoms with van der Waals surface area (Å²) in [5.41, 5.74) is 0. The van der Waals surface area contributed by atoms with E-state index < -0.39 is 0 Å².